The minimum Gasteiger partial charge on any atom is -0.577 e. The minimum absolute atomic E-state index is 0. The molecule has 0 bridgehead atoms. The molecule has 1 amide bonds. The second-order valence-electron chi connectivity index (χ2n) is 7.89. The average Bonchev–Trinajstić information content (AvgIpc) is 2.95. The van der Waals surface area contributed by atoms with Gasteiger partial charge in [0, 0.05) is 23.1 Å². The van der Waals surface area contributed by atoms with Gasteiger partial charge in [-0.3, -0.25) is 16.4 Å². The van der Waals surface area contributed by atoms with Crippen molar-refractivity contribution in [3.63, 3.8) is 0 Å². The summed E-state index contributed by atoms with van der Waals surface area (Å²) in [7, 11) is 0. The molecule has 1 heterocycles. The van der Waals surface area contributed by atoms with Crippen molar-refractivity contribution < 1.29 is 70.9 Å². The number of rotatable bonds is 15. The zero-order chi connectivity index (χ0) is 28.7. The quantitative estimate of drug-likeness (QED) is 0.0235. The van der Waals surface area contributed by atoms with Gasteiger partial charge >= 0.3 is 56.6 Å². The number of nitrogens with one attached hydrogen (secondary N) is 1. The zero-order valence-corrected chi connectivity index (χ0v) is 27.7. The summed E-state index contributed by atoms with van der Waals surface area (Å²) in [5.74, 6) is 4.26. The van der Waals surface area contributed by atoms with Gasteiger partial charge < -0.3 is 63.6 Å². The van der Waals surface area contributed by atoms with E-state index in [1.807, 2.05) is 24.8 Å². The summed E-state index contributed by atoms with van der Waals surface area (Å²) in [5.41, 5.74) is 2.33. The van der Waals surface area contributed by atoms with Gasteiger partial charge in [0.1, 0.15) is 12.1 Å². The van der Waals surface area contributed by atoms with Crippen molar-refractivity contribution in [1.82, 2.24) is 14.9 Å². The summed E-state index contributed by atoms with van der Waals surface area (Å²) < 4.78 is 11.6. The number of aryl methyl sites for hydroxylation is 1. The number of anilines is 2. The largest absolute Gasteiger partial charge is 1.00 e. The van der Waals surface area contributed by atoms with Crippen molar-refractivity contribution in [2.45, 2.75) is 6.92 Å². The number of carbonyl (C=O) groups excluding carboxylic acids is 1. The van der Waals surface area contributed by atoms with Crippen LogP contribution in [-0.4, -0.2) is 52.4 Å². The summed E-state index contributed by atoms with van der Waals surface area (Å²) in [6, 6.07) is 12.2. The molecule has 1 N–H and O–H groups in total. The first kappa shape index (κ1) is 46.6. The van der Waals surface area contributed by atoms with Gasteiger partial charge in [0.05, 0.1) is 5.82 Å². The van der Waals surface area contributed by atoms with E-state index in [2.05, 4.69) is 46.4 Å². The molecule has 0 fully saturated rings. The maximum absolute atomic E-state index is 11.9. The first-order chi connectivity index (χ1) is 19.5. The number of nitrogens with zero attached hydrogens (tertiary/aromatic N) is 5. The first-order valence-corrected chi connectivity index (χ1v) is 13.0. The molecule has 0 saturated heterocycles. The molecule has 13 heteroatoms. The van der Waals surface area contributed by atoms with Crippen molar-refractivity contribution in [2.24, 2.45) is 4.99 Å². The fraction of sp³-hybridized carbons (Fsp3) is 0.125. The predicted octanol–water partition coefficient (Wildman–Crippen LogP) is -2.52. The third-order valence-corrected chi connectivity index (χ3v) is 6.04. The van der Waals surface area contributed by atoms with Gasteiger partial charge in [-0.2, -0.15) is 12.1 Å². The van der Waals surface area contributed by atoms with Gasteiger partial charge in [0.15, 0.2) is 5.91 Å². The van der Waals surface area contributed by atoms with Crippen LogP contribution >= 0.6 is 11.8 Å². The van der Waals surface area contributed by atoms with E-state index in [4.69, 9.17) is 21.5 Å². The fourth-order valence-corrected chi connectivity index (χ4v) is 3.97. The second kappa shape index (κ2) is 25.4. The minimum atomic E-state index is -0.131. The third kappa shape index (κ3) is 14.9. The number of aromatic nitrogens is 2. The number of allylic oxidation sites excluding steroid dienone is 3. The van der Waals surface area contributed by atoms with Gasteiger partial charge in [-0.15, -0.1) is 30.8 Å². The molecule has 9 nitrogen and oxygen atoms in total. The molecule has 0 saturated carbocycles. The van der Waals surface area contributed by atoms with E-state index >= 15 is 0 Å². The number of amides is 1. The van der Waals surface area contributed by atoms with Crippen LogP contribution in [0.5, 0.6) is 11.5 Å². The normalized spacial score (nSPS) is 10.3. The van der Waals surface area contributed by atoms with Gasteiger partial charge in [0.2, 0.25) is 0 Å². The molecule has 0 unspecified atom stereocenters. The molecule has 3 rings (SSSR count). The van der Waals surface area contributed by atoms with Crippen LogP contribution in [0.4, 0.5) is 11.5 Å². The summed E-state index contributed by atoms with van der Waals surface area (Å²) in [5, 5.41) is 12.7. The number of hydrogen-bond acceptors (Lipinski definition) is 7. The van der Waals surface area contributed by atoms with Crippen molar-refractivity contribution in [1.29, 1.82) is 0 Å². The summed E-state index contributed by atoms with van der Waals surface area (Å²) in [6.45, 7) is 15.5. The van der Waals surface area contributed by atoms with E-state index in [1.54, 1.807) is 23.1 Å². The fourth-order valence-electron chi connectivity index (χ4n) is 3.27. The molecule has 2 aromatic carbocycles. The van der Waals surface area contributed by atoms with E-state index < -0.39 is 0 Å². The summed E-state index contributed by atoms with van der Waals surface area (Å²) in [6.07, 6.45) is 10.1. The Morgan fingerprint density at radius 3 is 2.69 bits per heavy atom. The molecule has 0 aliphatic heterocycles. The monoisotopic (exact) mass is 602 g/mol. The number of thioether (sulfide) groups is 1. The number of aliphatic imine (C=N–C) groups is 1. The molecular weight excluding hydrogens is 569 g/mol. The Morgan fingerprint density at radius 1 is 1.29 bits per heavy atom. The van der Waals surface area contributed by atoms with Crippen molar-refractivity contribution in [2.75, 3.05) is 24.3 Å². The van der Waals surface area contributed by atoms with Crippen molar-refractivity contribution >= 4 is 52.6 Å². The molecule has 45 heavy (non-hydrogen) atoms. The van der Waals surface area contributed by atoms with Crippen LogP contribution in [0, 0.1) is 54.0 Å². The van der Waals surface area contributed by atoms with E-state index in [0.29, 0.717) is 54.0 Å². The topological polar surface area (TPSA) is 111 Å². The first-order valence-electron chi connectivity index (χ1n) is 12.0. The van der Waals surface area contributed by atoms with E-state index in [-0.39, 0.29) is 77.3 Å². The smallest absolute Gasteiger partial charge is 0.577 e. The van der Waals surface area contributed by atoms with E-state index in [9.17, 15) is 4.79 Å². The maximum atomic E-state index is 11.9. The molecule has 224 valence electrons. The summed E-state index contributed by atoms with van der Waals surface area (Å²) >= 11 is 1.45. The molecule has 0 atom stereocenters. The van der Waals surface area contributed by atoms with Crippen LogP contribution in [0.25, 0.3) is 16.3 Å². The second-order valence-corrected chi connectivity index (χ2v) is 8.82. The standard InChI is InChI=1S/C30H27N6O3S.2CH3.3Li/c1-5-8-29(37)36(7-3)21-40-16-15-38-25-10-11-26-27(18-25)33-20-34-30(26)35-23-9-12-28(22(4)17-23)39-24(6-2)13-14-32-19-31;;;;;/h2,5-6,8-9,11-13,16-20H,1,3,7,15,21H2,4H3,(H,33,34,35);2*1H3;;;/q-7;2*-1;3*+1/b8-5+,24-13+;;;;;. The van der Waals surface area contributed by atoms with Gasteiger partial charge in [-0.05, 0) is 42.8 Å². The Labute approximate surface area is 308 Å². The number of fused-ring (bicyclic) bond motifs is 1. The zero-order valence-electron chi connectivity index (χ0n) is 26.9. The van der Waals surface area contributed by atoms with Crippen LogP contribution in [0.1, 0.15) is 5.56 Å². The van der Waals surface area contributed by atoms with Gasteiger partial charge in [-0.25, -0.2) is 36.3 Å². The Hall–Kier alpha value is -2.78. The van der Waals surface area contributed by atoms with E-state index in [1.165, 1.54) is 42.4 Å². The SMILES string of the molecule is [CH-]=C/C(=C\[C-]=NC=[N-])Oc1ccc(Nc2ncnc3cc(OC[CH-]SCN(C[CH2-])C(=O)/C=C/[CH2-])[c-]cc23)cc1C.[CH3-].[CH3-].[Li+].[Li+].[Li+]. The molecule has 3 aromatic rings. The van der Waals surface area contributed by atoms with Crippen LogP contribution in [0.2, 0.25) is 0 Å². The molecule has 1 aromatic heterocycles. The van der Waals surface area contributed by atoms with Crippen molar-refractivity contribution in [3.05, 3.63) is 125 Å². The average molecular weight is 603 g/mol. The molecule has 0 spiro atoms. The van der Waals surface area contributed by atoms with Gasteiger partial charge in [0.25, 0.3) is 0 Å². The number of hydrogen-bond donors (Lipinski definition) is 1. The summed E-state index contributed by atoms with van der Waals surface area (Å²) in [4.78, 5) is 25.7. The Morgan fingerprint density at radius 2 is 2.04 bits per heavy atom. The molecule has 0 aliphatic rings. The molecular formula is C32H33Li3N6O3S-6. The number of benzene rings is 2. The Kier molecular flexibility index (Phi) is 26.3. The molecule has 0 aliphatic carbocycles. The van der Waals surface area contributed by atoms with E-state index in [0.717, 1.165) is 16.6 Å². The Balaban J connectivity index is -0.00000353. The Bertz CT molecular complexity index is 1440. The van der Waals surface area contributed by atoms with Crippen LogP contribution < -0.4 is 71.4 Å². The molecule has 0 radical (unpaired) electrons. The third-order valence-electron chi connectivity index (χ3n) is 5.21. The number of carbonyl (C=O) groups is 1. The predicted molar refractivity (Wildman–Crippen MR) is 174 cm³/mol. The number of ether oxygens (including phenoxy) is 2. The van der Waals surface area contributed by atoms with Crippen LogP contribution in [0.15, 0.2) is 71.7 Å². The van der Waals surface area contributed by atoms with Crippen molar-refractivity contribution in [3.8, 4) is 11.5 Å². The van der Waals surface area contributed by atoms with Gasteiger partial charge in [-0.1, -0.05) is 5.39 Å². The van der Waals surface area contributed by atoms with Crippen LogP contribution in [0.3, 0.4) is 0 Å². The van der Waals surface area contributed by atoms with Crippen LogP contribution in [-0.2, 0) is 4.79 Å². The maximum Gasteiger partial charge on any atom is 1.00 e.